The molecule has 4 nitrogen and oxygen atoms in total. The van der Waals surface area contributed by atoms with Gasteiger partial charge >= 0.3 is 6.09 Å². The van der Waals surface area contributed by atoms with Crippen molar-refractivity contribution in [2.75, 3.05) is 6.54 Å². The van der Waals surface area contributed by atoms with E-state index in [1.54, 1.807) is 32.9 Å². The van der Waals surface area contributed by atoms with Gasteiger partial charge in [-0.2, -0.15) is 0 Å². The molecule has 4 heteroatoms. The van der Waals surface area contributed by atoms with Crippen molar-refractivity contribution in [2.24, 2.45) is 0 Å². The third-order valence-corrected chi connectivity index (χ3v) is 1.39. The summed E-state index contributed by atoms with van der Waals surface area (Å²) in [5.74, 6) is -0.177. The number of nitrogens with one attached hydrogen (secondary N) is 1. The molecule has 1 N–H and O–H groups in total. The molecule has 0 aliphatic heterocycles. The van der Waals surface area contributed by atoms with Crippen molar-refractivity contribution in [3.05, 3.63) is 24.3 Å². The van der Waals surface area contributed by atoms with Crippen LogP contribution in [0.4, 0.5) is 4.79 Å². The van der Waals surface area contributed by atoms with Crippen molar-refractivity contribution < 1.29 is 14.3 Å². The maximum atomic E-state index is 11.2. The fourth-order valence-electron chi connectivity index (χ4n) is 0.806. The van der Waals surface area contributed by atoms with E-state index < -0.39 is 11.7 Å². The molecule has 0 aromatic carbocycles. The highest BCUT2D eigenvalue weighted by Crippen LogP contribution is 2.05. The van der Waals surface area contributed by atoms with Crippen LogP contribution in [0, 0.1) is 0 Å². The standard InChI is InChI=1S/C12H19NO3/c1-5-6-7-8-10(14)9-13-11(15)16-12(2,3)4/h5-8H,9H2,1-4H3,(H,13,15). The molecule has 0 saturated heterocycles. The third kappa shape index (κ3) is 8.99. The number of carbonyl (C=O) groups excluding carboxylic acids is 2. The fraction of sp³-hybridized carbons (Fsp3) is 0.500. The van der Waals surface area contributed by atoms with Crippen LogP contribution >= 0.6 is 0 Å². The Morgan fingerprint density at radius 1 is 1.25 bits per heavy atom. The van der Waals surface area contributed by atoms with Crippen molar-refractivity contribution in [3.63, 3.8) is 0 Å². The maximum Gasteiger partial charge on any atom is 0.408 e. The van der Waals surface area contributed by atoms with E-state index in [-0.39, 0.29) is 12.3 Å². The van der Waals surface area contributed by atoms with Gasteiger partial charge < -0.3 is 10.1 Å². The van der Waals surface area contributed by atoms with Crippen molar-refractivity contribution in [3.8, 4) is 0 Å². The number of ketones is 1. The monoisotopic (exact) mass is 225 g/mol. The molecule has 1 amide bonds. The molecule has 0 unspecified atom stereocenters. The molecule has 0 bridgehead atoms. The molecular formula is C12H19NO3. The zero-order valence-corrected chi connectivity index (χ0v) is 10.2. The van der Waals surface area contributed by atoms with Crippen LogP contribution in [0.15, 0.2) is 24.3 Å². The van der Waals surface area contributed by atoms with Crippen LogP contribution in [-0.2, 0) is 9.53 Å². The molecule has 0 fully saturated rings. The highest BCUT2D eigenvalue weighted by molar-refractivity contribution is 5.93. The fourth-order valence-corrected chi connectivity index (χ4v) is 0.806. The molecule has 0 radical (unpaired) electrons. The Morgan fingerprint density at radius 3 is 2.38 bits per heavy atom. The second kappa shape index (κ2) is 6.82. The van der Waals surface area contributed by atoms with Gasteiger partial charge in [0.2, 0.25) is 0 Å². The molecule has 0 atom stereocenters. The van der Waals surface area contributed by atoms with Crippen LogP contribution in [0.1, 0.15) is 27.7 Å². The Bertz CT molecular complexity index is 298. The molecule has 0 saturated carbocycles. The van der Waals surface area contributed by atoms with Crippen molar-refractivity contribution >= 4 is 11.9 Å². The van der Waals surface area contributed by atoms with Gasteiger partial charge in [0.1, 0.15) is 5.60 Å². The predicted molar refractivity (Wildman–Crippen MR) is 63.2 cm³/mol. The van der Waals surface area contributed by atoms with Gasteiger partial charge in [-0.1, -0.05) is 18.2 Å². The summed E-state index contributed by atoms with van der Waals surface area (Å²) in [6.07, 6.45) is 5.99. The lowest BCUT2D eigenvalue weighted by Gasteiger charge is -2.19. The average molecular weight is 225 g/mol. The SMILES string of the molecule is CC=CC=CC(=O)CNC(=O)OC(C)(C)C. The predicted octanol–water partition coefficient (Wildman–Crippen LogP) is 2.21. The number of carbonyl (C=O) groups is 2. The Labute approximate surface area is 96.4 Å². The van der Waals surface area contributed by atoms with Gasteiger partial charge in [0.05, 0.1) is 6.54 Å². The van der Waals surface area contributed by atoms with Gasteiger partial charge in [0, 0.05) is 0 Å². The van der Waals surface area contributed by atoms with E-state index in [2.05, 4.69) is 5.32 Å². The Hall–Kier alpha value is -1.58. The Morgan fingerprint density at radius 2 is 1.88 bits per heavy atom. The molecular weight excluding hydrogens is 206 g/mol. The molecule has 90 valence electrons. The lowest BCUT2D eigenvalue weighted by atomic mass is 10.2. The van der Waals surface area contributed by atoms with Crippen LogP contribution in [0.25, 0.3) is 0 Å². The Balaban J connectivity index is 3.89. The smallest absolute Gasteiger partial charge is 0.408 e. The zero-order valence-electron chi connectivity index (χ0n) is 10.2. The molecule has 0 rings (SSSR count). The third-order valence-electron chi connectivity index (χ3n) is 1.39. The number of rotatable bonds is 4. The van der Waals surface area contributed by atoms with Crippen molar-refractivity contribution in [1.29, 1.82) is 0 Å². The highest BCUT2D eigenvalue weighted by Gasteiger charge is 2.15. The van der Waals surface area contributed by atoms with Gasteiger partial charge in [0.25, 0.3) is 0 Å². The van der Waals surface area contributed by atoms with Crippen LogP contribution in [0.2, 0.25) is 0 Å². The van der Waals surface area contributed by atoms with Gasteiger partial charge in [-0.25, -0.2) is 4.79 Å². The van der Waals surface area contributed by atoms with Crippen LogP contribution in [0.5, 0.6) is 0 Å². The summed E-state index contributed by atoms with van der Waals surface area (Å²) >= 11 is 0. The van der Waals surface area contributed by atoms with E-state index in [1.165, 1.54) is 6.08 Å². The van der Waals surface area contributed by atoms with E-state index >= 15 is 0 Å². The summed E-state index contributed by atoms with van der Waals surface area (Å²) < 4.78 is 4.97. The topological polar surface area (TPSA) is 55.4 Å². The first-order valence-corrected chi connectivity index (χ1v) is 5.14. The second-order valence-electron chi connectivity index (χ2n) is 4.21. The molecule has 0 spiro atoms. The molecule has 0 aromatic rings. The number of allylic oxidation sites excluding steroid dienone is 3. The molecule has 0 heterocycles. The van der Waals surface area contributed by atoms with Crippen molar-refractivity contribution in [1.82, 2.24) is 5.32 Å². The lowest BCUT2D eigenvalue weighted by Crippen LogP contribution is -2.35. The lowest BCUT2D eigenvalue weighted by molar-refractivity contribution is -0.113. The van der Waals surface area contributed by atoms with Crippen LogP contribution < -0.4 is 5.32 Å². The molecule has 0 aliphatic carbocycles. The quantitative estimate of drug-likeness (QED) is 0.589. The first-order valence-electron chi connectivity index (χ1n) is 5.14. The van der Waals surface area contributed by atoms with Gasteiger partial charge in [-0.05, 0) is 33.8 Å². The summed E-state index contributed by atoms with van der Waals surface area (Å²) in [5.41, 5.74) is -0.548. The molecule has 0 aliphatic rings. The minimum Gasteiger partial charge on any atom is -0.444 e. The van der Waals surface area contributed by atoms with Gasteiger partial charge in [-0.3, -0.25) is 4.79 Å². The van der Waals surface area contributed by atoms with E-state index in [1.807, 2.05) is 13.0 Å². The Kier molecular flexibility index (Phi) is 6.15. The number of hydrogen-bond acceptors (Lipinski definition) is 3. The molecule has 0 aromatic heterocycles. The minimum atomic E-state index is -0.583. The minimum absolute atomic E-state index is 0.0526. The summed E-state index contributed by atoms with van der Waals surface area (Å²) in [4.78, 5) is 22.4. The normalized spacial score (nSPS) is 12.0. The average Bonchev–Trinajstić information content (AvgIpc) is 2.12. The van der Waals surface area contributed by atoms with E-state index in [9.17, 15) is 9.59 Å². The summed E-state index contributed by atoms with van der Waals surface area (Å²) in [5, 5.41) is 2.38. The summed E-state index contributed by atoms with van der Waals surface area (Å²) in [6.45, 7) is 7.10. The summed E-state index contributed by atoms with van der Waals surface area (Å²) in [6, 6.07) is 0. The largest absolute Gasteiger partial charge is 0.444 e. The summed E-state index contributed by atoms with van der Waals surface area (Å²) in [7, 11) is 0. The first-order chi connectivity index (χ1) is 7.35. The van der Waals surface area contributed by atoms with Gasteiger partial charge in [-0.15, -0.1) is 0 Å². The number of hydrogen-bond donors (Lipinski definition) is 1. The number of alkyl carbamates (subject to hydrolysis) is 1. The van der Waals surface area contributed by atoms with Crippen molar-refractivity contribution in [2.45, 2.75) is 33.3 Å². The first kappa shape index (κ1) is 14.4. The number of amides is 1. The molecule has 16 heavy (non-hydrogen) atoms. The van der Waals surface area contributed by atoms with E-state index in [4.69, 9.17) is 4.74 Å². The second-order valence-corrected chi connectivity index (χ2v) is 4.21. The van der Waals surface area contributed by atoms with Crippen LogP contribution in [-0.4, -0.2) is 24.0 Å². The van der Waals surface area contributed by atoms with Crippen LogP contribution in [0.3, 0.4) is 0 Å². The number of ether oxygens (including phenoxy) is 1. The highest BCUT2D eigenvalue weighted by atomic mass is 16.6. The van der Waals surface area contributed by atoms with Gasteiger partial charge in [0.15, 0.2) is 5.78 Å². The maximum absolute atomic E-state index is 11.2. The van der Waals surface area contributed by atoms with E-state index in [0.717, 1.165) is 0 Å². The van der Waals surface area contributed by atoms with E-state index in [0.29, 0.717) is 0 Å². The zero-order chi connectivity index (χ0) is 12.6.